The molecule has 1 rings (SSSR count). The van der Waals surface area contributed by atoms with Crippen molar-refractivity contribution in [2.45, 2.75) is 25.9 Å². The van der Waals surface area contributed by atoms with Gasteiger partial charge in [0, 0.05) is 6.08 Å². The number of carbonyl (C=O) groups is 1. The third-order valence-corrected chi connectivity index (χ3v) is 2.70. The Morgan fingerprint density at radius 1 is 1.45 bits per heavy atom. The lowest BCUT2D eigenvalue weighted by Crippen LogP contribution is -2.07. The first-order valence-electron chi connectivity index (χ1n) is 5.97. The first-order valence-corrected chi connectivity index (χ1v) is 5.97. The van der Waals surface area contributed by atoms with Gasteiger partial charge in [-0.1, -0.05) is 19.6 Å². The van der Waals surface area contributed by atoms with Crippen molar-refractivity contribution in [1.82, 2.24) is 0 Å². The van der Waals surface area contributed by atoms with Crippen LogP contribution in [-0.2, 0) is 9.53 Å². The molecule has 6 heteroatoms. The molecule has 3 nitrogen and oxygen atoms in total. The predicted octanol–water partition coefficient (Wildman–Crippen LogP) is 3.65. The van der Waals surface area contributed by atoms with Crippen LogP contribution in [0.15, 0.2) is 30.9 Å². The fourth-order valence-electron chi connectivity index (χ4n) is 1.58. The van der Waals surface area contributed by atoms with Crippen LogP contribution < -0.4 is 4.74 Å². The minimum absolute atomic E-state index is 0.0947. The van der Waals surface area contributed by atoms with Gasteiger partial charge >= 0.3 is 12.6 Å². The highest BCUT2D eigenvalue weighted by atomic mass is 19.3. The van der Waals surface area contributed by atoms with Crippen LogP contribution in [-0.4, -0.2) is 19.2 Å². The maximum absolute atomic E-state index is 13.5. The van der Waals surface area contributed by atoms with E-state index in [2.05, 4.69) is 11.3 Å². The highest BCUT2D eigenvalue weighted by Crippen LogP contribution is 2.26. The van der Waals surface area contributed by atoms with E-state index in [0.717, 1.165) is 18.2 Å². The molecule has 1 unspecified atom stereocenters. The van der Waals surface area contributed by atoms with Crippen molar-refractivity contribution < 1.29 is 27.4 Å². The molecule has 110 valence electrons. The van der Waals surface area contributed by atoms with Gasteiger partial charge in [0.2, 0.25) is 0 Å². The van der Waals surface area contributed by atoms with Crippen LogP contribution in [0.4, 0.5) is 13.2 Å². The molecule has 0 N–H and O–H groups in total. The van der Waals surface area contributed by atoms with E-state index >= 15 is 0 Å². The van der Waals surface area contributed by atoms with E-state index < -0.39 is 24.1 Å². The molecule has 0 saturated carbocycles. The van der Waals surface area contributed by atoms with Gasteiger partial charge in [0.25, 0.3) is 0 Å². The fourth-order valence-corrected chi connectivity index (χ4v) is 1.58. The van der Waals surface area contributed by atoms with Crippen LogP contribution in [0.2, 0.25) is 0 Å². The standard InChI is InChI=1S/C14H15F3O3/c1-3-13(18)19-7-6-9(2)10-4-5-12(11(15)8-10)20-14(16)17/h3-5,8-9,14H,1,6-7H2,2H3. The number of hydrogen-bond donors (Lipinski definition) is 0. The molecule has 0 fully saturated rings. The van der Waals surface area contributed by atoms with E-state index in [0.29, 0.717) is 12.0 Å². The van der Waals surface area contributed by atoms with Gasteiger partial charge in [-0.3, -0.25) is 0 Å². The third kappa shape index (κ3) is 4.95. The van der Waals surface area contributed by atoms with E-state index in [4.69, 9.17) is 4.74 Å². The largest absolute Gasteiger partial charge is 0.463 e. The van der Waals surface area contributed by atoms with Gasteiger partial charge < -0.3 is 9.47 Å². The van der Waals surface area contributed by atoms with Crippen LogP contribution in [0, 0.1) is 5.82 Å². The average Bonchev–Trinajstić information content (AvgIpc) is 2.40. The van der Waals surface area contributed by atoms with E-state index in [1.54, 1.807) is 0 Å². The number of rotatable bonds is 7. The zero-order chi connectivity index (χ0) is 15.1. The summed E-state index contributed by atoms with van der Waals surface area (Å²) in [5, 5.41) is 0. The van der Waals surface area contributed by atoms with Gasteiger partial charge in [0.1, 0.15) is 0 Å². The Balaban J connectivity index is 2.60. The fraction of sp³-hybridized carbons (Fsp3) is 0.357. The first kappa shape index (κ1) is 16.1. The van der Waals surface area contributed by atoms with Crippen molar-refractivity contribution in [3.63, 3.8) is 0 Å². The molecule has 0 saturated heterocycles. The quantitative estimate of drug-likeness (QED) is 0.567. The number of carbonyl (C=O) groups excluding carboxylic acids is 1. The van der Waals surface area contributed by atoms with E-state index in [9.17, 15) is 18.0 Å². The maximum atomic E-state index is 13.5. The number of ether oxygens (including phenoxy) is 2. The Morgan fingerprint density at radius 3 is 2.70 bits per heavy atom. The molecule has 1 aromatic carbocycles. The Kier molecular flexibility index (Phi) is 6.09. The van der Waals surface area contributed by atoms with E-state index in [-0.39, 0.29) is 12.5 Å². The van der Waals surface area contributed by atoms with Crippen molar-refractivity contribution in [2.24, 2.45) is 0 Å². The van der Waals surface area contributed by atoms with Crippen molar-refractivity contribution in [3.05, 3.63) is 42.2 Å². The molecule has 1 aromatic rings. The minimum Gasteiger partial charge on any atom is -0.463 e. The van der Waals surface area contributed by atoms with Gasteiger partial charge in [0.15, 0.2) is 11.6 Å². The molecule has 0 aliphatic rings. The van der Waals surface area contributed by atoms with Crippen LogP contribution in [0.3, 0.4) is 0 Å². The summed E-state index contributed by atoms with van der Waals surface area (Å²) in [6.45, 7) is 2.18. The zero-order valence-electron chi connectivity index (χ0n) is 10.9. The molecule has 0 aliphatic heterocycles. The molecule has 0 heterocycles. The molecule has 20 heavy (non-hydrogen) atoms. The van der Waals surface area contributed by atoms with Crippen LogP contribution in [0.25, 0.3) is 0 Å². The van der Waals surface area contributed by atoms with Crippen molar-refractivity contribution in [1.29, 1.82) is 0 Å². The first-order chi connectivity index (χ1) is 9.43. The van der Waals surface area contributed by atoms with Crippen molar-refractivity contribution in [3.8, 4) is 5.75 Å². The number of esters is 1. The summed E-state index contributed by atoms with van der Waals surface area (Å²) in [4.78, 5) is 10.8. The second-order valence-electron chi connectivity index (χ2n) is 4.13. The van der Waals surface area contributed by atoms with Crippen LogP contribution >= 0.6 is 0 Å². The molecular weight excluding hydrogens is 273 g/mol. The van der Waals surface area contributed by atoms with Crippen LogP contribution in [0.5, 0.6) is 5.75 Å². The smallest absolute Gasteiger partial charge is 0.387 e. The topological polar surface area (TPSA) is 35.5 Å². The van der Waals surface area contributed by atoms with E-state index in [1.807, 2.05) is 6.92 Å². The maximum Gasteiger partial charge on any atom is 0.387 e. The Labute approximate surface area is 115 Å². The molecular formula is C14H15F3O3. The van der Waals surface area contributed by atoms with Gasteiger partial charge in [-0.05, 0) is 30.0 Å². The number of benzene rings is 1. The van der Waals surface area contributed by atoms with Crippen LogP contribution in [0.1, 0.15) is 24.8 Å². The summed E-state index contributed by atoms with van der Waals surface area (Å²) in [5.74, 6) is -1.96. The van der Waals surface area contributed by atoms with Gasteiger partial charge in [-0.25, -0.2) is 9.18 Å². The molecule has 1 atom stereocenters. The Bertz CT molecular complexity index is 475. The van der Waals surface area contributed by atoms with Gasteiger partial charge in [-0.2, -0.15) is 8.78 Å². The van der Waals surface area contributed by atoms with Gasteiger partial charge in [-0.15, -0.1) is 0 Å². The molecule has 0 spiro atoms. The van der Waals surface area contributed by atoms with Crippen molar-refractivity contribution in [2.75, 3.05) is 6.61 Å². The zero-order valence-corrected chi connectivity index (χ0v) is 10.9. The second-order valence-corrected chi connectivity index (χ2v) is 4.13. The van der Waals surface area contributed by atoms with Gasteiger partial charge in [0.05, 0.1) is 6.61 Å². The highest BCUT2D eigenvalue weighted by molar-refractivity contribution is 5.81. The summed E-state index contributed by atoms with van der Waals surface area (Å²) in [5.41, 5.74) is 0.610. The molecule has 0 bridgehead atoms. The molecule has 0 amide bonds. The average molecular weight is 288 g/mol. The third-order valence-electron chi connectivity index (χ3n) is 2.70. The molecule has 0 aromatic heterocycles. The Hall–Kier alpha value is -1.98. The summed E-state index contributed by atoms with van der Waals surface area (Å²) >= 11 is 0. The summed E-state index contributed by atoms with van der Waals surface area (Å²) in [6, 6.07) is 3.79. The second kappa shape index (κ2) is 7.57. The normalized spacial score (nSPS) is 12.1. The summed E-state index contributed by atoms with van der Waals surface area (Å²) in [6.07, 6.45) is 1.54. The number of alkyl halides is 2. The number of hydrogen-bond acceptors (Lipinski definition) is 3. The van der Waals surface area contributed by atoms with Crippen molar-refractivity contribution >= 4 is 5.97 Å². The minimum atomic E-state index is -3.06. The SMILES string of the molecule is C=CC(=O)OCCC(C)c1ccc(OC(F)F)c(F)c1. The lowest BCUT2D eigenvalue weighted by atomic mass is 9.98. The predicted molar refractivity (Wildman–Crippen MR) is 67.2 cm³/mol. The monoisotopic (exact) mass is 288 g/mol. The lowest BCUT2D eigenvalue weighted by molar-refractivity contribution is -0.137. The highest BCUT2D eigenvalue weighted by Gasteiger charge is 2.13. The molecule has 0 aliphatic carbocycles. The molecule has 0 radical (unpaired) electrons. The van der Waals surface area contributed by atoms with E-state index in [1.165, 1.54) is 6.07 Å². The lowest BCUT2D eigenvalue weighted by Gasteiger charge is -2.13. The summed E-state index contributed by atoms with van der Waals surface area (Å²) in [7, 11) is 0. The number of halogens is 3. The Morgan fingerprint density at radius 2 is 2.15 bits per heavy atom. The summed E-state index contributed by atoms with van der Waals surface area (Å²) < 4.78 is 46.3.